The molecule has 150 valence electrons. The van der Waals surface area contributed by atoms with Crippen molar-refractivity contribution in [3.63, 3.8) is 0 Å². The van der Waals surface area contributed by atoms with Crippen LogP contribution in [0.15, 0.2) is 29.3 Å². The molecule has 1 aromatic rings. The molecule has 0 radical (unpaired) electrons. The molecule has 0 aliphatic carbocycles. The minimum atomic E-state index is 0.0580. The van der Waals surface area contributed by atoms with E-state index >= 15 is 0 Å². The number of hydrogen-bond donors (Lipinski definition) is 2. The molecule has 0 aromatic heterocycles. The topological polar surface area (TPSA) is 60.0 Å². The number of carbonyl (C=O) groups is 1. The maximum Gasteiger partial charge on any atom is 0.225 e. The first-order chi connectivity index (χ1) is 13.0. The lowest BCUT2D eigenvalue weighted by Gasteiger charge is -2.26. The molecular formula is C21H35N5O. The molecule has 6 heteroatoms. The van der Waals surface area contributed by atoms with E-state index in [0.29, 0.717) is 0 Å². The van der Waals surface area contributed by atoms with Crippen molar-refractivity contribution >= 4 is 17.6 Å². The average Bonchev–Trinajstić information content (AvgIpc) is 3.12. The first-order valence-electron chi connectivity index (χ1n) is 10.0. The summed E-state index contributed by atoms with van der Waals surface area (Å²) in [4.78, 5) is 20.8. The Morgan fingerprint density at radius 2 is 2.11 bits per heavy atom. The highest BCUT2D eigenvalue weighted by Gasteiger charge is 2.27. The second kappa shape index (κ2) is 10.2. The summed E-state index contributed by atoms with van der Waals surface area (Å²) in [5, 5.41) is 6.87. The Morgan fingerprint density at radius 3 is 2.74 bits per heavy atom. The van der Waals surface area contributed by atoms with E-state index in [-0.39, 0.29) is 17.9 Å². The molecule has 1 aliphatic heterocycles. The van der Waals surface area contributed by atoms with Gasteiger partial charge in [0.25, 0.3) is 0 Å². The van der Waals surface area contributed by atoms with Crippen LogP contribution in [0, 0.1) is 12.8 Å². The molecule has 1 heterocycles. The van der Waals surface area contributed by atoms with Crippen LogP contribution in [0.25, 0.3) is 0 Å². The van der Waals surface area contributed by atoms with Gasteiger partial charge in [-0.15, -0.1) is 0 Å². The Kier molecular flexibility index (Phi) is 7.95. The summed E-state index contributed by atoms with van der Waals surface area (Å²) in [7, 11) is 1.79. The molecule has 1 fully saturated rings. The average molecular weight is 374 g/mol. The van der Waals surface area contributed by atoms with Gasteiger partial charge in [-0.25, -0.2) is 0 Å². The summed E-state index contributed by atoms with van der Waals surface area (Å²) in [5.41, 5.74) is 2.58. The predicted molar refractivity (Wildman–Crippen MR) is 113 cm³/mol. The van der Waals surface area contributed by atoms with Gasteiger partial charge >= 0.3 is 0 Å². The van der Waals surface area contributed by atoms with Gasteiger partial charge in [0.15, 0.2) is 5.96 Å². The van der Waals surface area contributed by atoms with Crippen molar-refractivity contribution in [3.8, 4) is 0 Å². The molecule has 27 heavy (non-hydrogen) atoms. The van der Waals surface area contributed by atoms with Gasteiger partial charge in [0.1, 0.15) is 0 Å². The summed E-state index contributed by atoms with van der Waals surface area (Å²) in [6.07, 6.45) is 0.962. The quantitative estimate of drug-likeness (QED) is 0.568. The summed E-state index contributed by atoms with van der Waals surface area (Å²) in [6, 6.07) is 8.74. The lowest BCUT2D eigenvalue weighted by atomic mass is 10.2. The Morgan fingerprint density at radius 1 is 1.37 bits per heavy atom. The number of nitrogens with zero attached hydrogens (tertiary/aromatic N) is 3. The van der Waals surface area contributed by atoms with E-state index in [4.69, 9.17) is 0 Å². The Bertz CT molecular complexity index is 643. The van der Waals surface area contributed by atoms with Gasteiger partial charge in [-0.3, -0.25) is 9.79 Å². The van der Waals surface area contributed by atoms with Crippen molar-refractivity contribution < 1.29 is 4.79 Å². The van der Waals surface area contributed by atoms with E-state index < -0.39 is 0 Å². The van der Waals surface area contributed by atoms with Gasteiger partial charge < -0.3 is 20.4 Å². The molecule has 1 amide bonds. The molecular weight excluding hydrogens is 338 g/mol. The number of nitrogens with one attached hydrogen (secondary N) is 2. The molecule has 1 aromatic carbocycles. The number of benzene rings is 1. The van der Waals surface area contributed by atoms with Gasteiger partial charge in [-0.1, -0.05) is 32.0 Å². The van der Waals surface area contributed by atoms with Crippen LogP contribution in [0.1, 0.15) is 32.8 Å². The van der Waals surface area contributed by atoms with Crippen molar-refractivity contribution in [1.82, 2.24) is 15.5 Å². The van der Waals surface area contributed by atoms with Crippen LogP contribution >= 0.6 is 0 Å². The number of rotatable bonds is 7. The van der Waals surface area contributed by atoms with Crippen molar-refractivity contribution in [2.24, 2.45) is 10.9 Å². The van der Waals surface area contributed by atoms with E-state index in [9.17, 15) is 4.79 Å². The first-order valence-corrected chi connectivity index (χ1v) is 10.0. The monoisotopic (exact) mass is 373 g/mol. The zero-order valence-corrected chi connectivity index (χ0v) is 17.5. The van der Waals surface area contributed by atoms with Crippen LogP contribution in [0.3, 0.4) is 0 Å². The summed E-state index contributed by atoms with van der Waals surface area (Å²) in [5.74, 6) is 1.10. The zero-order chi connectivity index (χ0) is 19.8. The third kappa shape index (κ3) is 5.88. The number of likely N-dealkylation sites (tertiary alicyclic amines) is 1. The number of aryl methyl sites for hydroxylation is 1. The first kappa shape index (κ1) is 21.1. The van der Waals surface area contributed by atoms with Crippen LogP contribution in [0.4, 0.5) is 5.69 Å². The standard InChI is InChI=1S/C21H35N5O/c1-6-25(19-10-8-7-9-17(19)4)14-12-23-21(22-5)24-18-11-13-26(15-18)20(27)16(2)3/h7-10,16,18H,6,11-15H2,1-5H3,(H2,22,23,24). The van der Waals surface area contributed by atoms with Crippen LogP contribution in [0.2, 0.25) is 0 Å². The third-order valence-electron chi connectivity index (χ3n) is 5.07. The normalized spacial score (nSPS) is 17.3. The van der Waals surface area contributed by atoms with E-state index in [2.05, 4.69) is 58.6 Å². The number of hydrogen-bond acceptors (Lipinski definition) is 3. The number of para-hydroxylation sites is 1. The molecule has 0 spiro atoms. The fraction of sp³-hybridized carbons (Fsp3) is 0.619. The number of anilines is 1. The molecule has 1 unspecified atom stereocenters. The van der Waals surface area contributed by atoms with E-state index in [0.717, 1.165) is 45.1 Å². The van der Waals surface area contributed by atoms with Gasteiger partial charge in [0.2, 0.25) is 5.91 Å². The summed E-state index contributed by atoms with van der Waals surface area (Å²) >= 11 is 0. The van der Waals surface area contributed by atoms with Gasteiger partial charge in [0, 0.05) is 57.4 Å². The third-order valence-corrected chi connectivity index (χ3v) is 5.07. The van der Waals surface area contributed by atoms with E-state index in [1.807, 2.05) is 18.7 Å². The zero-order valence-electron chi connectivity index (χ0n) is 17.5. The van der Waals surface area contributed by atoms with Gasteiger partial charge in [-0.2, -0.15) is 0 Å². The van der Waals surface area contributed by atoms with Crippen LogP contribution < -0.4 is 15.5 Å². The van der Waals surface area contributed by atoms with Gasteiger partial charge in [-0.05, 0) is 31.9 Å². The fourth-order valence-corrected chi connectivity index (χ4v) is 3.51. The molecule has 2 N–H and O–H groups in total. The Hall–Kier alpha value is -2.24. The minimum Gasteiger partial charge on any atom is -0.370 e. The molecule has 1 saturated heterocycles. The lowest BCUT2D eigenvalue weighted by molar-refractivity contribution is -0.133. The van der Waals surface area contributed by atoms with Crippen molar-refractivity contribution in [2.75, 3.05) is 44.7 Å². The maximum absolute atomic E-state index is 12.1. The summed E-state index contributed by atoms with van der Waals surface area (Å²) in [6.45, 7) is 12.5. The number of guanidine groups is 1. The number of carbonyl (C=O) groups excluding carboxylic acids is 1. The highest BCUT2D eigenvalue weighted by Crippen LogP contribution is 2.18. The Balaban J connectivity index is 1.81. The fourth-order valence-electron chi connectivity index (χ4n) is 3.51. The van der Waals surface area contributed by atoms with Crippen molar-refractivity contribution in [1.29, 1.82) is 0 Å². The Labute approximate surface area is 164 Å². The highest BCUT2D eigenvalue weighted by atomic mass is 16.2. The number of likely N-dealkylation sites (N-methyl/N-ethyl adjacent to an activating group) is 1. The lowest BCUT2D eigenvalue weighted by Crippen LogP contribution is -2.47. The van der Waals surface area contributed by atoms with Crippen LogP contribution in [0.5, 0.6) is 0 Å². The molecule has 1 atom stereocenters. The van der Waals surface area contributed by atoms with Crippen molar-refractivity contribution in [2.45, 2.75) is 40.2 Å². The SMILES string of the molecule is CCN(CCNC(=NC)NC1CCN(C(=O)C(C)C)C1)c1ccccc1C. The largest absolute Gasteiger partial charge is 0.370 e. The smallest absolute Gasteiger partial charge is 0.225 e. The van der Waals surface area contributed by atoms with Crippen LogP contribution in [-0.2, 0) is 4.79 Å². The van der Waals surface area contributed by atoms with Crippen LogP contribution in [-0.4, -0.2) is 62.6 Å². The number of aliphatic imine (C=N–C) groups is 1. The molecule has 0 bridgehead atoms. The van der Waals surface area contributed by atoms with E-state index in [1.165, 1.54) is 11.3 Å². The minimum absolute atomic E-state index is 0.0580. The predicted octanol–water partition coefficient (Wildman–Crippen LogP) is 2.24. The second-order valence-electron chi connectivity index (χ2n) is 7.43. The van der Waals surface area contributed by atoms with E-state index in [1.54, 1.807) is 7.05 Å². The second-order valence-corrected chi connectivity index (χ2v) is 7.43. The molecule has 6 nitrogen and oxygen atoms in total. The number of amides is 1. The molecule has 0 saturated carbocycles. The highest BCUT2D eigenvalue weighted by molar-refractivity contribution is 5.81. The summed E-state index contributed by atoms with van der Waals surface area (Å²) < 4.78 is 0. The van der Waals surface area contributed by atoms with Gasteiger partial charge in [0.05, 0.1) is 0 Å². The maximum atomic E-state index is 12.1. The van der Waals surface area contributed by atoms with Crippen molar-refractivity contribution in [3.05, 3.63) is 29.8 Å². The molecule has 2 rings (SSSR count). The molecule has 1 aliphatic rings.